The average Bonchev–Trinajstić information content (AvgIpc) is 3.59. The molecule has 6 rings (SSSR count). The topological polar surface area (TPSA) is 217 Å². The number of nitrogens with zero attached hydrogens (tertiary/aromatic N) is 8. The zero-order valence-corrected chi connectivity index (χ0v) is 32.8. The zero-order chi connectivity index (χ0) is 39.5. The third-order valence-corrected chi connectivity index (χ3v) is 12.6. The molecule has 0 aromatic carbocycles. The molecule has 0 saturated carbocycles. The molecule has 2 aliphatic rings. The molecule has 2 unspecified atom stereocenters. The molecule has 2 atom stereocenters. The highest BCUT2D eigenvalue weighted by molar-refractivity contribution is 7.93. The normalized spacial score (nSPS) is 18.7. The summed E-state index contributed by atoms with van der Waals surface area (Å²) < 4.78 is 53.3. The molecule has 2 aliphatic heterocycles. The molecule has 0 spiro atoms. The summed E-state index contributed by atoms with van der Waals surface area (Å²) in [7, 11) is 0.585. The number of anilines is 5. The number of carbonyl (C=O) groups is 2. The number of likely N-dealkylation sites (N-methyl/N-ethyl adjacent to an activating group) is 2. The number of rotatable bonds is 8. The van der Waals surface area contributed by atoms with E-state index in [4.69, 9.17) is 5.73 Å². The molecule has 4 aromatic heterocycles. The van der Waals surface area contributed by atoms with Crippen LogP contribution in [0.3, 0.4) is 0 Å². The van der Waals surface area contributed by atoms with Crippen LogP contribution in [-0.2, 0) is 29.6 Å². The van der Waals surface area contributed by atoms with Crippen molar-refractivity contribution in [2.45, 2.75) is 32.9 Å². The van der Waals surface area contributed by atoms with Crippen molar-refractivity contribution in [3.05, 3.63) is 66.9 Å². The van der Waals surface area contributed by atoms with Crippen LogP contribution >= 0.6 is 0 Å². The van der Waals surface area contributed by atoms with E-state index in [9.17, 15) is 26.4 Å². The monoisotopic (exact) mass is 779 g/mol. The van der Waals surface area contributed by atoms with Gasteiger partial charge in [-0.3, -0.25) is 23.2 Å². The van der Waals surface area contributed by atoms with Gasteiger partial charge in [-0.1, -0.05) is 0 Å². The van der Waals surface area contributed by atoms with Crippen molar-refractivity contribution in [2.75, 3.05) is 77.8 Å². The average molecular weight is 780 g/mol. The van der Waals surface area contributed by atoms with Crippen molar-refractivity contribution in [3.63, 3.8) is 0 Å². The maximum atomic E-state index is 12.7. The number of nitrogens with two attached hydrogens (primary N) is 1. The fourth-order valence-electron chi connectivity index (χ4n) is 5.97. The highest BCUT2D eigenvalue weighted by atomic mass is 32.2. The maximum Gasteiger partial charge on any atom is 0.236 e. The lowest BCUT2D eigenvalue weighted by molar-refractivity contribution is -0.115. The van der Waals surface area contributed by atoms with Gasteiger partial charge in [-0.15, -0.1) is 0 Å². The molecule has 54 heavy (non-hydrogen) atoms. The molecule has 2 amide bonds. The summed E-state index contributed by atoms with van der Waals surface area (Å²) >= 11 is 0. The standard InChI is InChI=1S/C18H23N5O3S.C17H22N6O3S/c1-12-17(23-10-16(22(3)4)11-27(23,25)26)7-15(9-20-12)14-5-6-19-18(8-14)21-13(2)24;1-11(24)21-16-7-12(4-5-19-16)13-6-15(17(18)20-8-13)23-9-14(22(2)3)10-27(23,25)26/h5-9,16H,10-11H2,1-4H3,(H,19,21,24);4-8,14H,9-10H2,1-3H3,(H2,18,20)(H,19,21,24). The lowest BCUT2D eigenvalue weighted by Crippen LogP contribution is -2.33. The molecule has 19 heteroatoms. The van der Waals surface area contributed by atoms with Crippen LogP contribution in [0.4, 0.5) is 28.8 Å². The fraction of sp³-hybridized carbons (Fsp3) is 0.371. The third-order valence-electron chi connectivity index (χ3n) is 8.98. The molecular formula is C35H45N11O6S2. The molecule has 0 aliphatic carbocycles. The van der Waals surface area contributed by atoms with Crippen LogP contribution < -0.4 is 25.0 Å². The van der Waals surface area contributed by atoms with Crippen LogP contribution in [-0.4, -0.2) is 123 Å². The van der Waals surface area contributed by atoms with E-state index in [1.54, 1.807) is 62.0 Å². The Morgan fingerprint density at radius 2 is 1.11 bits per heavy atom. The van der Waals surface area contributed by atoms with Crippen LogP contribution in [0.15, 0.2) is 61.2 Å². The van der Waals surface area contributed by atoms with Crippen molar-refractivity contribution in [2.24, 2.45) is 0 Å². The Hall–Kier alpha value is -5.24. The minimum absolute atomic E-state index is 0.0333. The first kappa shape index (κ1) is 40.0. The van der Waals surface area contributed by atoms with Gasteiger partial charge in [-0.25, -0.2) is 31.8 Å². The highest BCUT2D eigenvalue weighted by Crippen LogP contribution is 2.34. The molecule has 6 heterocycles. The van der Waals surface area contributed by atoms with E-state index in [0.717, 1.165) is 16.7 Å². The number of sulfonamides is 2. The minimum atomic E-state index is -3.48. The Kier molecular flexibility index (Phi) is 11.8. The Bertz CT molecular complexity index is 2110. The fourth-order valence-corrected chi connectivity index (χ4v) is 9.84. The molecule has 4 aromatic rings. The summed E-state index contributed by atoms with van der Waals surface area (Å²) in [4.78, 5) is 43.1. The van der Waals surface area contributed by atoms with Gasteiger partial charge in [0, 0.05) is 61.8 Å². The SMILES string of the molecule is CC(=O)Nc1cc(-c2cnc(C)c(N3CC(N(C)C)CS3(=O)=O)c2)ccn1.CC(=O)Nc1cc(-c2cnc(N)c(N3CC(N(C)C)CS3(=O)=O)c2)ccn1. The summed E-state index contributed by atoms with van der Waals surface area (Å²) in [5.41, 5.74) is 10.5. The summed E-state index contributed by atoms with van der Waals surface area (Å²) in [6.45, 7) is 5.33. The van der Waals surface area contributed by atoms with E-state index < -0.39 is 20.0 Å². The van der Waals surface area contributed by atoms with Gasteiger partial charge in [0.05, 0.1) is 41.7 Å². The number of hydrogen-bond donors (Lipinski definition) is 3. The van der Waals surface area contributed by atoms with Crippen LogP contribution in [0.2, 0.25) is 0 Å². The van der Waals surface area contributed by atoms with Gasteiger partial charge in [-0.2, -0.15) is 0 Å². The second-order valence-electron chi connectivity index (χ2n) is 13.5. The zero-order valence-electron chi connectivity index (χ0n) is 31.2. The van der Waals surface area contributed by atoms with Crippen LogP contribution in [0.5, 0.6) is 0 Å². The predicted octanol–water partition coefficient (Wildman–Crippen LogP) is 2.25. The van der Waals surface area contributed by atoms with Gasteiger partial charge in [0.25, 0.3) is 0 Å². The van der Waals surface area contributed by atoms with Crippen molar-refractivity contribution >= 4 is 60.7 Å². The quantitative estimate of drug-likeness (QED) is 0.234. The van der Waals surface area contributed by atoms with Gasteiger partial charge in [-0.05, 0) is 82.6 Å². The number of carbonyl (C=O) groups excluding carboxylic acids is 2. The first-order valence-corrected chi connectivity index (χ1v) is 20.1. The summed E-state index contributed by atoms with van der Waals surface area (Å²) in [5.74, 6) is 0.673. The van der Waals surface area contributed by atoms with Crippen molar-refractivity contribution in [1.82, 2.24) is 29.7 Å². The second kappa shape index (κ2) is 16.0. The first-order chi connectivity index (χ1) is 25.3. The van der Waals surface area contributed by atoms with Crippen LogP contribution in [0.1, 0.15) is 19.5 Å². The number of aromatic nitrogens is 4. The largest absolute Gasteiger partial charge is 0.382 e. The highest BCUT2D eigenvalue weighted by Gasteiger charge is 2.39. The van der Waals surface area contributed by atoms with Crippen molar-refractivity contribution < 1.29 is 26.4 Å². The van der Waals surface area contributed by atoms with E-state index in [0.29, 0.717) is 47.4 Å². The Morgan fingerprint density at radius 3 is 1.54 bits per heavy atom. The molecule has 0 bridgehead atoms. The Labute approximate surface area is 315 Å². The number of hydrogen-bond acceptors (Lipinski definition) is 13. The smallest absolute Gasteiger partial charge is 0.236 e. The van der Waals surface area contributed by atoms with E-state index in [-0.39, 0.29) is 41.2 Å². The molecule has 288 valence electrons. The molecule has 2 saturated heterocycles. The lowest BCUT2D eigenvalue weighted by atomic mass is 10.1. The van der Waals surface area contributed by atoms with E-state index in [1.807, 2.05) is 44.1 Å². The van der Waals surface area contributed by atoms with Gasteiger partial charge in [0.15, 0.2) is 0 Å². The number of amides is 2. The number of nitrogens with one attached hydrogen (secondary N) is 2. The molecule has 0 radical (unpaired) electrons. The van der Waals surface area contributed by atoms with Crippen LogP contribution in [0, 0.1) is 6.92 Å². The molecule has 4 N–H and O–H groups in total. The maximum absolute atomic E-state index is 12.7. The summed E-state index contributed by atoms with van der Waals surface area (Å²) in [6.07, 6.45) is 6.41. The van der Waals surface area contributed by atoms with Gasteiger partial charge in [0.1, 0.15) is 17.5 Å². The summed E-state index contributed by atoms with van der Waals surface area (Å²) in [6, 6.07) is 10.3. The van der Waals surface area contributed by atoms with Gasteiger partial charge >= 0.3 is 0 Å². The Balaban J connectivity index is 0.000000208. The van der Waals surface area contributed by atoms with Gasteiger partial charge in [0.2, 0.25) is 31.9 Å². The summed E-state index contributed by atoms with van der Waals surface area (Å²) in [5, 5.41) is 5.27. The Morgan fingerprint density at radius 1 is 0.685 bits per heavy atom. The minimum Gasteiger partial charge on any atom is -0.382 e. The first-order valence-electron chi connectivity index (χ1n) is 16.9. The van der Waals surface area contributed by atoms with Crippen molar-refractivity contribution in [3.8, 4) is 22.3 Å². The predicted molar refractivity (Wildman–Crippen MR) is 210 cm³/mol. The third kappa shape index (κ3) is 9.27. The second-order valence-corrected chi connectivity index (χ2v) is 17.4. The molecule has 17 nitrogen and oxygen atoms in total. The van der Waals surface area contributed by atoms with Crippen LogP contribution in [0.25, 0.3) is 22.3 Å². The lowest BCUT2D eigenvalue weighted by Gasteiger charge is -2.21. The van der Waals surface area contributed by atoms with E-state index >= 15 is 0 Å². The van der Waals surface area contributed by atoms with E-state index in [2.05, 4.69) is 30.6 Å². The molecular weight excluding hydrogens is 735 g/mol. The number of pyridine rings is 4. The molecule has 2 fully saturated rings. The van der Waals surface area contributed by atoms with E-state index in [1.165, 1.54) is 22.5 Å². The van der Waals surface area contributed by atoms with Gasteiger partial charge < -0.3 is 26.2 Å². The number of nitrogen functional groups attached to an aromatic ring is 1. The number of aryl methyl sites for hydroxylation is 1. The van der Waals surface area contributed by atoms with Crippen molar-refractivity contribution in [1.29, 1.82) is 0 Å².